The molecule has 0 unspecified atom stereocenters. The summed E-state index contributed by atoms with van der Waals surface area (Å²) in [4.78, 5) is 44.4. The van der Waals surface area contributed by atoms with Gasteiger partial charge in [-0.2, -0.15) is 20.7 Å². The highest BCUT2D eigenvalue weighted by molar-refractivity contribution is 7.17. The summed E-state index contributed by atoms with van der Waals surface area (Å²) in [6.45, 7) is 18.5. The van der Waals surface area contributed by atoms with Crippen LogP contribution in [0.5, 0.6) is 0 Å². The van der Waals surface area contributed by atoms with Crippen LogP contribution in [-0.4, -0.2) is 144 Å². The number of benzene rings is 2. The summed E-state index contributed by atoms with van der Waals surface area (Å²) in [5.74, 6) is -1.34. The number of anilines is 6. The molecule has 0 bridgehead atoms. The van der Waals surface area contributed by atoms with Crippen molar-refractivity contribution in [3.05, 3.63) is 117 Å². The highest BCUT2D eigenvalue weighted by atomic mass is 32.1. The van der Waals surface area contributed by atoms with Gasteiger partial charge in [-0.05, 0) is 112 Å². The molecule has 6 aromatic heterocycles. The summed E-state index contributed by atoms with van der Waals surface area (Å²) in [6.07, 6.45) is 3.02. The van der Waals surface area contributed by atoms with Gasteiger partial charge in [0.05, 0.1) is 58.8 Å². The quantitative estimate of drug-likeness (QED) is 0.117. The van der Waals surface area contributed by atoms with E-state index in [2.05, 4.69) is 79.2 Å². The van der Waals surface area contributed by atoms with E-state index in [-0.39, 0.29) is 34.8 Å². The van der Waals surface area contributed by atoms with Crippen molar-refractivity contribution in [1.29, 1.82) is 10.5 Å². The Morgan fingerprint density at radius 2 is 1.12 bits per heavy atom. The van der Waals surface area contributed by atoms with Crippen LogP contribution in [0.4, 0.5) is 41.8 Å². The second kappa shape index (κ2) is 23.1. The van der Waals surface area contributed by atoms with Gasteiger partial charge in [0.2, 0.25) is 5.91 Å². The summed E-state index contributed by atoms with van der Waals surface area (Å²) in [5.41, 5.74) is 13.6. The minimum absolute atomic E-state index is 0.0301. The van der Waals surface area contributed by atoms with Gasteiger partial charge < -0.3 is 44.4 Å². The summed E-state index contributed by atoms with van der Waals surface area (Å²) < 4.78 is 41.2. The maximum absolute atomic E-state index is 13.5. The summed E-state index contributed by atoms with van der Waals surface area (Å²) in [5, 5.41) is 42.6. The van der Waals surface area contributed by atoms with Crippen LogP contribution < -0.4 is 24.9 Å². The van der Waals surface area contributed by atoms with Crippen LogP contribution >= 0.6 is 22.7 Å². The van der Waals surface area contributed by atoms with E-state index < -0.39 is 5.97 Å². The number of nitriles is 2. The van der Waals surface area contributed by atoms with Crippen molar-refractivity contribution in [2.24, 2.45) is 22.7 Å². The topological polar surface area (TPSA) is 209 Å². The van der Waals surface area contributed by atoms with E-state index in [0.717, 1.165) is 128 Å². The lowest BCUT2D eigenvalue weighted by atomic mass is 9.72. The predicted molar refractivity (Wildman–Crippen MR) is 323 cm³/mol. The number of carboxylic acid groups (broad SMARTS) is 1. The molecule has 23 heteroatoms. The second-order valence-corrected chi connectivity index (χ2v) is 25.2. The predicted octanol–water partition coefficient (Wildman–Crippen LogP) is 9.42. The van der Waals surface area contributed by atoms with Crippen molar-refractivity contribution in [2.75, 3.05) is 112 Å². The van der Waals surface area contributed by atoms with Crippen LogP contribution in [0.3, 0.4) is 0 Å². The molecule has 6 aliphatic rings. The number of aromatic nitrogens is 6. The van der Waals surface area contributed by atoms with Gasteiger partial charge in [-0.15, -0.1) is 0 Å². The Hall–Kier alpha value is -8.06. The minimum Gasteiger partial charge on any atom is -0.481 e. The van der Waals surface area contributed by atoms with E-state index >= 15 is 0 Å². The van der Waals surface area contributed by atoms with E-state index in [1.54, 1.807) is 24.3 Å². The number of rotatable bonds is 12. The van der Waals surface area contributed by atoms with Crippen molar-refractivity contribution in [2.45, 2.75) is 53.4 Å². The maximum atomic E-state index is 13.5. The first-order valence-corrected chi connectivity index (χ1v) is 30.4. The number of carbonyl (C=O) groups excluding carboxylic acids is 1. The number of hydrogen-bond donors (Lipinski definition) is 2. The number of pyridine rings is 2. The molecule has 0 aliphatic carbocycles. The molecule has 2 atom stereocenters. The fourth-order valence-corrected chi connectivity index (χ4v) is 14.2. The molecule has 6 saturated heterocycles. The molecule has 0 radical (unpaired) electrons. The fraction of sp³-hybridized carbons (Fsp3) is 0.419. The van der Waals surface area contributed by atoms with Gasteiger partial charge in [-0.3, -0.25) is 9.59 Å². The zero-order chi connectivity index (χ0) is 59.5. The highest BCUT2D eigenvalue weighted by Gasteiger charge is 2.54. The number of carbonyl (C=O) groups is 2. The molecule has 440 valence electrons. The number of aryl methyl sites for hydroxylation is 4. The number of fused-ring (bicyclic) bond motifs is 2. The van der Waals surface area contributed by atoms with Gasteiger partial charge >= 0.3 is 5.97 Å². The van der Waals surface area contributed by atoms with E-state index in [1.165, 1.54) is 52.6 Å². The lowest BCUT2D eigenvalue weighted by molar-refractivity contribution is -0.149. The monoisotopic (exact) mass is 1190 g/mol. The number of nitrogens with zero attached hydrogens (tertiary/aromatic N) is 13. The molecule has 2 spiro atoms. The molecule has 12 heterocycles. The number of amides is 1. The number of ether oxygens (including phenoxy) is 2. The van der Waals surface area contributed by atoms with E-state index in [9.17, 15) is 28.9 Å². The molecular weight excluding hydrogens is 1120 g/mol. The minimum atomic E-state index is -0.734. The Morgan fingerprint density at radius 3 is 1.48 bits per heavy atom. The van der Waals surface area contributed by atoms with Gasteiger partial charge in [0.25, 0.3) is 0 Å². The molecule has 2 aromatic carbocycles. The Bertz CT molecular complexity index is 3920. The van der Waals surface area contributed by atoms with Crippen molar-refractivity contribution < 1.29 is 33.0 Å². The van der Waals surface area contributed by atoms with Gasteiger partial charge in [-0.25, -0.2) is 27.8 Å². The summed E-state index contributed by atoms with van der Waals surface area (Å²) in [7, 11) is 3.94. The number of aliphatic carboxylic acids is 1. The third-order valence-electron chi connectivity index (χ3n) is 17.2. The molecule has 19 nitrogen and oxygen atoms in total. The summed E-state index contributed by atoms with van der Waals surface area (Å²) in [6, 6.07) is 25.5. The van der Waals surface area contributed by atoms with E-state index in [1.807, 2.05) is 37.8 Å². The Labute approximate surface area is 499 Å². The molecule has 6 fully saturated rings. The largest absolute Gasteiger partial charge is 0.481 e. The number of hydrogen-bond acceptors (Lipinski definition) is 17. The molecule has 8 aromatic rings. The average Bonchev–Trinajstić information content (AvgIpc) is 2.17. The average molecular weight is 1190 g/mol. The van der Waals surface area contributed by atoms with E-state index in [4.69, 9.17) is 34.7 Å². The van der Waals surface area contributed by atoms with Crippen LogP contribution in [0.2, 0.25) is 0 Å². The molecule has 6 aliphatic heterocycles. The Kier molecular flexibility index (Phi) is 15.6. The number of nitrogens with one attached hydrogen (secondary N) is 1. The lowest BCUT2D eigenvalue weighted by Crippen LogP contribution is -2.73. The maximum Gasteiger partial charge on any atom is 0.308 e. The SMILES string of the molecule is CCc1nn2c(C)cc(N3CC4(CN(C(=O)[C@H]5CCOC5)C4)C3)cc2c1N(C)c1nc(-c2ccc(F)cc2)c(C#N)s1.CCc1nn2c(C)cc(N3CC4(CNC4)C3)cc2c1N(C)c1nc(-c2ccc(F)cc2)c(C#N)s1.O=C(O)[C@H]1CCOC1. The van der Waals surface area contributed by atoms with Gasteiger partial charge in [0.15, 0.2) is 10.3 Å². The zero-order valence-electron chi connectivity index (χ0n) is 48.4. The molecule has 14 rings (SSSR count). The number of thiazole rings is 2. The number of carboxylic acids is 1. The van der Waals surface area contributed by atoms with Crippen LogP contribution in [0.25, 0.3) is 33.5 Å². The first-order valence-electron chi connectivity index (χ1n) is 28.7. The summed E-state index contributed by atoms with van der Waals surface area (Å²) >= 11 is 2.66. The van der Waals surface area contributed by atoms with Crippen molar-refractivity contribution in [3.63, 3.8) is 0 Å². The van der Waals surface area contributed by atoms with Crippen LogP contribution in [0.1, 0.15) is 59.2 Å². The van der Waals surface area contributed by atoms with Crippen molar-refractivity contribution in [1.82, 2.24) is 39.4 Å². The van der Waals surface area contributed by atoms with Crippen LogP contribution in [0, 0.1) is 70.8 Å². The zero-order valence-corrected chi connectivity index (χ0v) is 50.0. The Balaban J connectivity index is 0.000000149. The molecule has 0 saturated carbocycles. The first kappa shape index (κ1) is 57.4. The molecule has 85 heavy (non-hydrogen) atoms. The highest BCUT2D eigenvalue weighted by Crippen LogP contribution is 2.46. The van der Waals surface area contributed by atoms with Crippen molar-refractivity contribution >= 4 is 78.6 Å². The second-order valence-electron chi connectivity index (χ2n) is 23.3. The number of likely N-dealkylation sites (tertiary alicyclic amines) is 1. The third-order valence-corrected chi connectivity index (χ3v) is 19.3. The van der Waals surface area contributed by atoms with Gasteiger partial charge in [-0.1, -0.05) is 36.5 Å². The Morgan fingerprint density at radius 1 is 0.682 bits per heavy atom. The fourth-order valence-electron chi connectivity index (χ4n) is 12.5. The molecule has 2 N–H and O–H groups in total. The van der Waals surface area contributed by atoms with Gasteiger partial charge in [0.1, 0.15) is 44.9 Å². The number of halogens is 2. The van der Waals surface area contributed by atoms with Crippen LogP contribution in [0.15, 0.2) is 72.8 Å². The lowest BCUT2D eigenvalue weighted by Gasteiger charge is -2.61. The van der Waals surface area contributed by atoms with Gasteiger partial charge in [0, 0.05) is 124 Å². The third kappa shape index (κ3) is 10.8. The normalized spacial score (nSPS) is 18.8. The standard InChI is InChI=1S/C31H32FN7O2S.C26H26FN7S.C5H8O3/c1-4-24-28(36(3)30-34-27(26(13-33)42-30)20-5-7-22(32)8-6-20)25-12-23(11-19(2)39(25)35-24)37-15-31(16-37)17-38(18-31)29(40)21-9-10-41-14-21;1-4-20-24(32(3)25-30-23(22(11-28)35-25)17-5-7-18(27)8-6-17)21-10-19(9-16(2)34(21)31-20)33-14-26(15-33)12-29-13-26;6-5(7)4-1-2-8-3-4/h5-8,11-12,21H,4,9-10,14-18H2,1-3H3;5-10,29H,4,12-15H2,1-3H3;4H,1-3H2,(H,6,7)/t21-;;4-/m0.0/s1. The van der Waals surface area contributed by atoms with E-state index in [0.29, 0.717) is 75.2 Å². The first-order chi connectivity index (χ1) is 41.0. The van der Waals surface area contributed by atoms with Crippen molar-refractivity contribution in [3.8, 4) is 34.7 Å². The molecular formula is C62H66F2N14O5S2. The van der Waals surface area contributed by atoms with Crippen LogP contribution in [-0.2, 0) is 31.9 Å². The smallest absolute Gasteiger partial charge is 0.308 e. The molecule has 1 amide bonds.